The molecular weight excluding hydrogens is 382 g/mol. The third-order valence-electron chi connectivity index (χ3n) is 5.67. The predicted molar refractivity (Wildman–Crippen MR) is 131 cm³/mol. The minimum Gasteiger partial charge on any atom is -0.348 e. The Balaban J connectivity index is 2.12. The minimum absolute atomic E-state index is 0.0652. The lowest BCUT2D eigenvalue weighted by Gasteiger charge is -2.37. The Labute approximate surface area is 188 Å². The zero-order valence-electron chi connectivity index (χ0n) is 20.5. The SMILES string of the molecule is CC1=C(/C=C/C(C)=C/C=C/C(C)=C/C(=O)NC(C)(C)C)C(C)(C)CCC1n1ccnc1. The van der Waals surface area contributed by atoms with Crippen molar-refractivity contribution in [1.82, 2.24) is 14.9 Å². The van der Waals surface area contributed by atoms with Crippen molar-refractivity contribution in [3.8, 4) is 0 Å². The Kier molecular flexibility index (Phi) is 8.05. The van der Waals surface area contributed by atoms with E-state index in [1.807, 2.05) is 52.4 Å². The van der Waals surface area contributed by atoms with E-state index >= 15 is 0 Å². The molecule has 1 N–H and O–H groups in total. The molecule has 0 saturated heterocycles. The molecule has 0 spiro atoms. The zero-order chi connectivity index (χ0) is 23.2. The van der Waals surface area contributed by atoms with Crippen molar-refractivity contribution in [2.24, 2.45) is 5.41 Å². The second kappa shape index (κ2) is 10.1. The van der Waals surface area contributed by atoms with Crippen LogP contribution >= 0.6 is 0 Å². The predicted octanol–water partition coefficient (Wildman–Crippen LogP) is 6.48. The highest BCUT2D eigenvalue weighted by molar-refractivity contribution is 5.89. The molecule has 1 aliphatic rings. The summed E-state index contributed by atoms with van der Waals surface area (Å²) in [5, 5.41) is 2.94. The van der Waals surface area contributed by atoms with E-state index in [1.165, 1.54) is 16.7 Å². The van der Waals surface area contributed by atoms with Crippen LogP contribution in [0.15, 0.2) is 77.5 Å². The maximum atomic E-state index is 12.0. The number of carbonyl (C=O) groups is 1. The molecule has 0 bridgehead atoms. The minimum atomic E-state index is -0.227. The Morgan fingerprint density at radius 1 is 1.23 bits per heavy atom. The molecule has 0 aliphatic heterocycles. The van der Waals surface area contributed by atoms with Crippen molar-refractivity contribution in [2.45, 2.75) is 79.8 Å². The number of hydrogen-bond donors (Lipinski definition) is 1. The van der Waals surface area contributed by atoms with Crippen LogP contribution in [0.5, 0.6) is 0 Å². The number of carbonyl (C=O) groups excluding carboxylic acids is 1. The molecule has 2 rings (SSSR count). The van der Waals surface area contributed by atoms with Crippen LogP contribution in [0.1, 0.15) is 74.3 Å². The topological polar surface area (TPSA) is 46.9 Å². The monoisotopic (exact) mass is 421 g/mol. The van der Waals surface area contributed by atoms with E-state index in [9.17, 15) is 4.79 Å². The van der Waals surface area contributed by atoms with Crippen LogP contribution in [0.25, 0.3) is 0 Å². The van der Waals surface area contributed by atoms with Crippen LogP contribution in [0.3, 0.4) is 0 Å². The summed E-state index contributed by atoms with van der Waals surface area (Å²) in [6.07, 6.45) is 20.2. The van der Waals surface area contributed by atoms with Crippen LogP contribution in [0.4, 0.5) is 0 Å². The van der Waals surface area contributed by atoms with E-state index in [1.54, 1.807) is 6.08 Å². The molecule has 1 heterocycles. The summed E-state index contributed by atoms with van der Waals surface area (Å²) in [5.41, 5.74) is 4.85. The summed E-state index contributed by atoms with van der Waals surface area (Å²) in [7, 11) is 0. The second-order valence-electron chi connectivity index (χ2n) is 10.3. The zero-order valence-corrected chi connectivity index (χ0v) is 20.5. The number of rotatable bonds is 6. The third-order valence-corrected chi connectivity index (χ3v) is 5.67. The Bertz CT molecular complexity index is 916. The number of amides is 1. The Hall–Kier alpha value is -2.62. The summed E-state index contributed by atoms with van der Waals surface area (Å²) >= 11 is 0. The van der Waals surface area contributed by atoms with Gasteiger partial charge in [0.05, 0.1) is 12.4 Å². The first-order valence-corrected chi connectivity index (χ1v) is 11.1. The van der Waals surface area contributed by atoms with E-state index in [-0.39, 0.29) is 16.9 Å². The Morgan fingerprint density at radius 2 is 1.94 bits per heavy atom. The summed E-state index contributed by atoms with van der Waals surface area (Å²) in [4.78, 5) is 16.2. The summed E-state index contributed by atoms with van der Waals surface area (Å²) in [6.45, 7) is 16.9. The molecule has 4 nitrogen and oxygen atoms in total. The van der Waals surface area contributed by atoms with Crippen molar-refractivity contribution < 1.29 is 4.79 Å². The highest BCUT2D eigenvalue weighted by atomic mass is 16.1. The summed E-state index contributed by atoms with van der Waals surface area (Å²) in [5.74, 6) is -0.0652. The van der Waals surface area contributed by atoms with Gasteiger partial charge in [0.15, 0.2) is 0 Å². The quantitative estimate of drug-likeness (QED) is 0.422. The molecule has 0 radical (unpaired) electrons. The van der Waals surface area contributed by atoms with Gasteiger partial charge < -0.3 is 9.88 Å². The van der Waals surface area contributed by atoms with Gasteiger partial charge in [-0.25, -0.2) is 4.98 Å². The Morgan fingerprint density at radius 3 is 2.55 bits per heavy atom. The van der Waals surface area contributed by atoms with Crippen molar-refractivity contribution in [2.75, 3.05) is 0 Å². The highest BCUT2D eigenvalue weighted by Crippen LogP contribution is 2.45. The third kappa shape index (κ3) is 7.54. The lowest BCUT2D eigenvalue weighted by molar-refractivity contribution is -0.117. The van der Waals surface area contributed by atoms with Crippen molar-refractivity contribution in [3.63, 3.8) is 0 Å². The number of nitrogens with one attached hydrogen (secondary N) is 1. The standard InChI is InChI=1S/C27H39N3O/c1-20(10-9-11-21(2)18-25(31)29-26(4,5)6)12-13-23-22(3)24(14-15-27(23,7)8)30-17-16-28-19-30/h9-13,16-19,24H,14-15H2,1-8H3,(H,29,31)/b11-9+,13-12+,20-10+,21-18+. The van der Waals surface area contributed by atoms with E-state index in [0.717, 1.165) is 18.4 Å². The number of nitrogens with zero attached hydrogens (tertiary/aromatic N) is 2. The smallest absolute Gasteiger partial charge is 0.244 e. The molecule has 1 aromatic rings. The van der Waals surface area contributed by atoms with Crippen molar-refractivity contribution in [3.05, 3.63) is 77.5 Å². The van der Waals surface area contributed by atoms with Gasteiger partial charge in [0.2, 0.25) is 5.91 Å². The molecule has 168 valence electrons. The average molecular weight is 422 g/mol. The molecule has 0 saturated carbocycles. The normalized spacial score (nSPS) is 20.7. The van der Waals surface area contributed by atoms with Crippen LogP contribution in [0, 0.1) is 5.41 Å². The van der Waals surface area contributed by atoms with Gasteiger partial charge in [0.1, 0.15) is 0 Å². The van der Waals surface area contributed by atoms with Crippen molar-refractivity contribution >= 4 is 5.91 Å². The van der Waals surface area contributed by atoms with E-state index in [4.69, 9.17) is 0 Å². The van der Waals surface area contributed by atoms with Gasteiger partial charge in [0.25, 0.3) is 0 Å². The van der Waals surface area contributed by atoms with Gasteiger partial charge in [-0.05, 0) is 76.5 Å². The van der Waals surface area contributed by atoms with Crippen LogP contribution in [0.2, 0.25) is 0 Å². The van der Waals surface area contributed by atoms with E-state index in [2.05, 4.69) is 67.0 Å². The lowest BCUT2D eigenvalue weighted by atomic mass is 9.71. The molecule has 1 atom stereocenters. The van der Waals surface area contributed by atoms with E-state index < -0.39 is 0 Å². The average Bonchev–Trinajstić information content (AvgIpc) is 3.13. The fraction of sp³-hybridized carbons (Fsp3) is 0.481. The molecule has 1 aliphatic carbocycles. The molecule has 4 heteroatoms. The second-order valence-corrected chi connectivity index (χ2v) is 10.3. The maximum Gasteiger partial charge on any atom is 0.244 e. The van der Waals surface area contributed by atoms with Crippen molar-refractivity contribution in [1.29, 1.82) is 0 Å². The first-order valence-electron chi connectivity index (χ1n) is 11.1. The van der Waals surface area contributed by atoms with Crippen LogP contribution < -0.4 is 5.32 Å². The number of hydrogen-bond acceptors (Lipinski definition) is 2. The van der Waals surface area contributed by atoms with Crippen LogP contribution in [-0.2, 0) is 4.79 Å². The summed E-state index contributed by atoms with van der Waals surface area (Å²) in [6, 6.07) is 0.381. The lowest BCUT2D eigenvalue weighted by Crippen LogP contribution is -2.39. The van der Waals surface area contributed by atoms with Gasteiger partial charge in [-0.15, -0.1) is 0 Å². The fourth-order valence-electron chi connectivity index (χ4n) is 4.03. The van der Waals surface area contributed by atoms with Gasteiger partial charge >= 0.3 is 0 Å². The molecule has 1 aromatic heterocycles. The van der Waals surface area contributed by atoms with Gasteiger partial charge in [0, 0.05) is 24.0 Å². The number of imidazole rings is 1. The molecule has 0 fully saturated rings. The molecule has 31 heavy (non-hydrogen) atoms. The summed E-state index contributed by atoms with van der Waals surface area (Å²) < 4.78 is 2.22. The molecule has 1 unspecified atom stereocenters. The molecular formula is C27H39N3O. The van der Waals surface area contributed by atoms with Gasteiger partial charge in [-0.1, -0.05) is 49.8 Å². The van der Waals surface area contributed by atoms with Crippen LogP contribution in [-0.4, -0.2) is 21.0 Å². The maximum absolute atomic E-state index is 12.0. The van der Waals surface area contributed by atoms with Gasteiger partial charge in [-0.2, -0.15) is 0 Å². The molecule has 1 amide bonds. The molecule has 0 aromatic carbocycles. The van der Waals surface area contributed by atoms with Gasteiger partial charge in [-0.3, -0.25) is 4.79 Å². The largest absolute Gasteiger partial charge is 0.348 e. The number of aromatic nitrogens is 2. The van der Waals surface area contributed by atoms with E-state index in [0.29, 0.717) is 6.04 Å². The number of allylic oxidation sites excluding steroid dienone is 9. The first kappa shape index (κ1) is 24.6. The first-order chi connectivity index (χ1) is 14.4. The fourth-order valence-corrected chi connectivity index (χ4v) is 4.03. The highest BCUT2D eigenvalue weighted by Gasteiger charge is 2.32.